The van der Waals surface area contributed by atoms with Crippen molar-refractivity contribution in [2.75, 3.05) is 14.2 Å². The molecule has 2 rings (SSSR count). The lowest BCUT2D eigenvalue weighted by Crippen LogP contribution is -2.23. The first-order valence-electron chi connectivity index (χ1n) is 7.79. The van der Waals surface area contributed by atoms with Crippen LogP contribution in [0.5, 0.6) is 11.5 Å². The molecule has 1 aromatic carbocycles. The zero-order valence-corrected chi connectivity index (χ0v) is 14.2. The van der Waals surface area contributed by atoms with Gasteiger partial charge in [0.15, 0.2) is 17.2 Å². The molecule has 0 bridgehead atoms. The summed E-state index contributed by atoms with van der Waals surface area (Å²) in [5, 5.41) is 2.79. The van der Waals surface area contributed by atoms with E-state index >= 15 is 0 Å². The predicted octanol–water partition coefficient (Wildman–Crippen LogP) is 2.42. The van der Waals surface area contributed by atoms with Crippen molar-refractivity contribution in [3.63, 3.8) is 0 Å². The highest BCUT2D eigenvalue weighted by molar-refractivity contribution is 5.91. The van der Waals surface area contributed by atoms with E-state index in [-0.39, 0.29) is 17.6 Å². The molecule has 7 nitrogen and oxygen atoms in total. The zero-order valence-electron chi connectivity index (χ0n) is 14.2. The first kappa shape index (κ1) is 17.8. The lowest BCUT2D eigenvalue weighted by molar-refractivity contribution is 0.0946. The van der Waals surface area contributed by atoms with E-state index in [4.69, 9.17) is 19.6 Å². The number of aromatic nitrogens is 1. The van der Waals surface area contributed by atoms with Crippen molar-refractivity contribution < 1.29 is 18.7 Å². The molecule has 0 fully saturated rings. The summed E-state index contributed by atoms with van der Waals surface area (Å²) in [4.78, 5) is 16.3. The summed E-state index contributed by atoms with van der Waals surface area (Å²) in [6.07, 6.45) is 3.01. The number of hydrogen-bond donors (Lipinski definition) is 2. The minimum Gasteiger partial charge on any atom is -0.493 e. The van der Waals surface area contributed by atoms with Crippen LogP contribution in [0, 0.1) is 0 Å². The molecule has 0 saturated carbocycles. The van der Waals surface area contributed by atoms with Crippen LogP contribution in [0.2, 0.25) is 0 Å². The number of nitrogens with two attached hydrogens (primary N) is 1. The first-order valence-corrected chi connectivity index (χ1v) is 7.79. The second-order valence-corrected chi connectivity index (χ2v) is 5.34. The van der Waals surface area contributed by atoms with E-state index in [1.54, 1.807) is 20.3 Å². The quantitative estimate of drug-likeness (QED) is 0.769. The van der Waals surface area contributed by atoms with Gasteiger partial charge in [-0.25, -0.2) is 4.98 Å². The number of carbonyl (C=O) groups is 1. The minimum atomic E-state index is -0.316. The average Bonchev–Trinajstić information content (AvgIpc) is 3.10. The highest BCUT2D eigenvalue weighted by Gasteiger charge is 2.16. The van der Waals surface area contributed by atoms with Crippen LogP contribution >= 0.6 is 0 Å². The fraction of sp³-hybridized carbons (Fsp3) is 0.412. The van der Waals surface area contributed by atoms with Crippen molar-refractivity contribution in [1.82, 2.24) is 10.3 Å². The van der Waals surface area contributed by atoms with Crippen LogP contribution in [-0.4, -0.2) is 25.1 Å². The molecule has 0 spiro atoms. The highest BCUT2D eigenvalue weighted by atomic mass is 16.5. The topological polar surface area (TPSA) is 99.6 Å². The van der Waals surface area contributed by atoms with Crippen LogP contribution < -0.4 is 20.5 Å². The summed E-state index contributed by atoms with van der Waals surface area (Å²) in [6.45, 7) is 2.36. The molecule has 24 heavy (non-hydrogen) atoms. The number of nitrogens with one attached hydrogen (secondary N) is 1. The Kier molecular flexibility index (Phi) is 6.20. The van der Waals surface area contributed by atoms with Crippen LogP contribution in [0.25, 0.3) is 0 Å². The van der Waals surface area contributed by atoms with Gasteiger partial charge in [0.25, 0.3) is 5.91 Å². The molecule has 3 N–H and O–H groups in total. The van der Waals surface area contributed by atoms with Crippen LogP contribution in [0.15, 0.2) is 28.9 Å². The van der Waals surface area contributed by atoms with E-state index in [1.807, 2.05) is 19.1 Å². The molecule has 1 aromatic heterocycles. The van der Waals surface area contributed by atoms with Crippen LogP contribution in [-0.2, 0) is 6.54 Å². The van der Waals surface area contributed by atoms with Gasteiger partial charge in [-0.3, -0.25) is 4.79 Å². The Morgan fingerprint density at radius 3 is 2.75 bits per heavy atom. The van der Waals surface area contributed by atoms with Crippen molar-refractivity contribution in [1.29, 1.82) is 0 Å². The smallest absolute Gasteiger partial charge is 0.273 e. The van der Waals surface area contributed by atoms with E-state index in [2.05, 4.69) is 10.3 Å². The fourth-order valence-electron chi connectivity index (χ4n) is 2.26. The van der Waals surface area contributed by atoms with Crippen molar-refractivity contribution in [2.45, 2.75) is 32.4 Å². The number of amides is 1. The molecule has 130 valence electrons. The van der Waals surface area contributed by atoms with Gasteiger partial charge in [-0.05, 0) is 24.1 Å². The molecule has 7 heteroatoms. The number of nitrogens with zero attached hydrogens (tertiary/aromatic N) is 1. The normalized spacial score (nSPS) is 11.8. The highest BCUT2D eigenvalue weighted by Crippen LogP contribution is 2.27. The standard InChI is InChI=1S/C17H23N3O4/c1-4-5-12(18)17-20-13(10-24-17)16(21)19-9-11-6-7-14(22-2)15(8-11)23-3/h6-8,10,12H,4-5,9,18H2,1-3H3,(H,19,21). The maximum Gasteiger partial charge on any atom is 0.273 e. The Hall–Kier alpha value is -2.54. The number of benzene rings is 1. The summed E-state index contributed by atoms with van der Waals surface area (Å²) in [6, 6.07) is 5.16. The fourth-order valence-corrected chi connectivity index (χ4v) is 2.26. The van der Waals surface area contributed by atoms with Gasteiger partial charge in [-0.1, -0.05) is 19.4 Å². The summed E-state index contributed by atoms with van der Waals surface area (Å²) in [5.74, 6) is 1.31. The molecule has 0 aliphatic heterocycles. The van der Waals surface area contributed by atoms with E-state index in [9.17, 15) is 4.79 Å². The van der Waals surface area contributed by atoms with Gasteiger partial charge in [0, 0.05) is 6.54 Å². The van der Waals surface area contributed by atoms with Gasteiger partial charge in [-0.2, -0.15) is 0 Å². The van der Waals surface area contributed by atoms with Crippen molar-refractivity contribution >= 4 is 5.91 Å². The van der Waals surface area contributed by atoms with Gasteiger partial charge >= 0.3 is 0 Å². The largest absolute Gasteiger partial charge is 0.493 e. The lowest BCUT2D eigenvalue weighted by Gasteiger charge is -2.10. The molecule has 1 amide bonds. The molecule has 1 heterocycles. The second-order valence-electron chi connectivity index (χ2n) is 5.34. The van der Waals surface area contributed by atoms with Crippen LogP contribution in [0.3, 0.4) is 0 Å². The number of carbonyl (C=O) groups excluding carboxylic acids is 1. The summed E-state index contributed by atoms with van der Waals surface area (Å²) < 4.78 is 15.7. The molecule has 2 aromatic rings. The summed E-state index contributed by atoms with van der Waals surface area (Å²) in [5.41, 5.74) is 7.03. The molecule has 0 aliphatic rings. The van der Waals surface area contributed by atoms with Crippen LogP contribution in [0.4, 0.5) is 0 Å². The van der Waals surface area contributed by atoms with Gasteiger partial charge in [0.05, 0.1) is 20.3 Å². The maximum atomic E-state index is 12.2. The Morgan fingerprint density at radius 1 is 1.33 bits per heavy atom. The number of hydrogen-bond acceptors (Lipinski definition) is 6. The first-order chi connectivity index (χ1) is 11.6. The van der Waals surface area contributed by atoms with Gasteiger partial charge in [0.1, 0.15) is 6.26 Å². The summed E-state index contributed by atoms with van der Waals surface area (Å²) >= 11 is 0. The molecule has 0 aliphatic carbocycles. The number of oxazole rings is 1. The maximum absolute atomic E-state index is 12.2. The molecule has 0 saturated heterocycles. The molecule has 1 unspecified atom stereocenters. The average molecular weight is 333 g/mol. The van der Waals surface area contributed by atoms with Gasteiger partial charge in [0.2, 0.25) is 5.89 Å². The number of ether oxygens (including phenoxy) is 2. The Labute approximate surface area is 141 Å². The summed E-state index contributed by atoms with van der Waals surface area (Å²) in [7, 11) is 3.14. The number of methoxy groups -OCH3 is 2. The Bertz CT molecular complexity index is 684. The molecule has 0 radical (unpaired) electrons. The van der Waals surface area contributed by atoms with E-state index in [0.717, 1.165) is 18.4 Å². The zero-order chi connectivity index (χ0) is 17.5. The van der Waals surface area contributed by atoms with Crippen molar-refractivity contribution in [2.24, 2.45) is 5.73 Å². The third kappa shape index (κ3) is 4.26. The van der Waals surface area contributed by atoms with E-state index in [0.29, 0.717) is 23.9 Å². The molecule has 1 atom stereocenters. The second kappa shape index (κ2) is 8.35. The minimum absolute atomic E-state index is 0.219. The van der Waals surface area contributed by atoms with Crippen LogP contribution in [0.1, 0.15) is 47.7 Å². The van der Waals surface area contributed by atoms with Gasteiger partial charge in [-0.15, -0.1) is 0 Å². The Balaban J connectivity index is 1.98. The Morgan fingerprint density at radius 2 is 2.08 bits per heavy atom. The third-order valence-electron chi connectivity index (χ3n) is 3.57. The van der Waals surface area contributed by atoms with Crippen molar-refractivity contribution in [3.8, 4) is 11.5 Å². The number of rotatable bonds is 8. The molecular weight excluding hydrogens is 310 g/mol. The van der Waals surface area contributed by atoms with Crippen molar-refractivity contribution in [3.05, 3.63) is 41.6 Å². The predicted molar refractivity (Wildman–Crippen MR) is 89.1 cm³/mol. The monoisotopic (exact) mass is 333 g/mol. The van der Waals surface area contributed by atoms with E-state index < -0.39 is 0 Å². The SMILES string of the molecule is CCCC(N)c1nc(C(=O)NCc2ccc(OC)c(OC)c2)co1. The third-order valence-corrected chi connectivity index (χ3v) is 3.57. The van der Waals surface area contributed by atoms with E-state index in [1.165, 1.54) is 6.26 Å². The van der Waals surface area contributed by atoms with Gasteiger partial charge < -0.3 is 24.9 Å². The lowest BCUT2D eigenvalue weighted by atomic mass is 10.2. The molecular formula is C17H23N3O4.